The first kappa shape index (κ1) is 8.53. The van der Waals surface area contributed by atoms with Crippen molar-refractivity contribution in [3.63, 3.8) is 0 Å². The van der Waals surface area contributed by atoms with Crippen LogP contribution >= 0.6 is 0 Å². The first-order valence-electron chi connectivity index (χ1n) is 3.98. The molecule has 1 fully saturated rings. The average molecular weight is 157 g/mol. The van der Waals surface area contributed by atoms with E-state index < -0.39 is 5.54 Å². The first-order valence-corrected chi connectivity index (χ1v) is 3.98. The van der Waals surface area contributed by atoms with Crippen LogP contribution in [0.25, 0.3) is 0 Å². The van der Waals surface area contributed by atoms with Gasteiger partial charge in [0.05, 0.1) is 12.1 Å². The van der Waals surface area contributed by atoms with Crippen molar-refractivity contribution in [2.45, 2.75) is 32.2 Å². The van der Waals surface area contributed by atoms with Gasteiger partial charge in [-0.25, -0.2) is 0 Å². The Hall–Kier alpha value is -0.570. The molecule has 0 spiro atoms. The second-order valence-corrected chi connectivity index (χ2v) is 3.81. The second-order valence-electron chi connectivity index (χ2n) is 3.81. The molecule has 0 aromatic rings. The van der Waals surface area contributed by atoms with Crippen molar-refractivity contribution in [3.8, 4) is 0 Å². The summed E-state index contributed by atoms with van der Waals surface area (Å²) in [7, 11) is 0. The third-order valence-corrected chi connectivity index (χ3v) is 1.81. The topological polar surface area (TPSA) is 49.3 Å². The van der Waals surface area contributed by atoms with Crippen LogP contribution in [0.5, 0.6) is 0 Å². The minimum Gasteiger partial charge on any atom is -0.394 e. The maximum Gasteiger partial charge on any atom is 0.223 e. The zero-order chi connectivity index (χ0) is 8.48. The van der Waals surface area contributed by atoms with E-state index in [0.29, 0.717) is 0 Å². The molecule has 1 amide bonds. The molecule has 1 rings (SSSR count). The number of rotatable bonds is 3. The molecule has 0 aliphatic heterocycles. The zero-order valence-corrected chi connectivity index (χ0v) is 7.05. The van der Waals surface area contributed by atoms with Gasteiger partial charge in [-0.1, -0.05) is 0 Å². The fourth-order valence-electron chi connectivity index (χ4n) is 0.821. The monoisotopic (exact) mass is 157 g/mol. The van der Waals surface area contributed by atoms with Gasteiger partial charge in [0, 0.05) is 5.92 Å². The van der Waals surface area contributed by atoms with Crippen LogP contribution in [-0.2, 0) is 4.79 Å². The van der Waals surface area contributed by atoms with Crippen LogP contribution in [0, 0.1) is 5.92 Å². The van der Waals surface area contributed by atoms with Crippen LogP contribution in [0.2, 0.25) is 0 Å². The Morgan fingerprint density at radius 2 is 2.18 bits per heavy atom. The van der Waals surface area contributed by atoms with E-state index >= 15 is 0 Å². The van der Waals surface area contributed by atoms with Crippen molar-refractivity contribution < 1.29 is 9.90 Å². The Morgan fingerprint density at radius 1 is 1.64 bits per heavy atom. The third kappa shape index (κ3) is 2.50. The van der Waals surface area contributed by atoms with E-state index in [1.165, 1.54) is 0 Å². The largest absolute Gasteiger partial charge is 0.394 e. The van der Waals surface area contributed by atoms with E-state index in [2.05, 4.69) is 5.32 Å². The van der Waals surface area contributed by atoms with Crippen LogP contribution in [0.1, 0.15) is 26.7 Å². The molecule has 3 nitrogen and oxygen atoms in total. The standard InChI is InChI=1S/C8H15NO2/c1-8(2,5-10)9-7(11)6-3-4-6/h6,10H,3-5H2,1-2H3,(H,9,11). The molecule has 0 atom stereocenters. The summed E-state index contributed by atoms with van der Waals surface area (Å²) in [4.78, 5) is 11.2. The number of nitrogens with one attached hydrogen (secondary N) is 1. The molecule has 0 saturated heterocycles. The maximum absolute atomic E-state index is 11.2. The lowest BCUT2D eigenvalue weighted by atomic mass is 10.1. The minimum atomic E-state index is -0.459. The van der Waals surface area contributed by atoms with Gasteiger partial charge in [0.15, 0.2) is 0 Å². The van der Waals surface area contributed by atoms with Gasteiger partial charge in [0.1, 0.15) is 0 Å². The molecule has 0 radical (unpaired) electrons. The molecular formula is C8H15NO2. The van der Waals surface area contributed by atoms with Crippen LogP contribution < -0.4 is 5.32 Å². The van der Waals surface area contributed by atoms with Gasteiger partial charge in [-0.2, -0.15) is 0 Å². The summed E-state index contributed by atoms with van der Waals surface area (Å²) in [5.41, 5.74) is -0.459. The summed E-state index contributed by atoms with van der Waals surface area (Å²) in [6.45, 7) is 3.62. The van der Waals surface area contributed by atoms with E-state index in [1.54, 1.807) is 0 Å². The van der Waals surface area contributed by atoms with Crippen LogP contribution in [0.15, 0.2) is 0 Å². The second kappa shape index (κ2) is 2.81. The molecule has 0 unspecified atom stereocenters. The lowest BCUT2D eigenvalue weighted by Gasteiger charge is -2.23. The molecule has 2 N–H and O–H groups in total. The summed E-state index contributed by atoms with van der Waals surface area (Å²) in [5, 5.41) is 11.6. The number of hydrogen-bond donors (Lipinski definition) is 2. The molecule has 0 aromatic heterocycles. The summed E-state index contributed by atoms with van der Waals surface area (Å²) >= 11 is 0. The van der Waals surface area contributed by atoms with Gasteiger partial charge in [0.2, 0.25) is 5.91 Å². The van der Waals surface area contributed by atoms with E-state index in [4.69, 9.17) is 5.11 Å². The summed E-state index contributed by atoms with van der Waals surface area (Å²) in [5.74, 6) is 0.310. The molecule has 0 aromatic carbocycles. The van der Waals surface area contributed by atoms with Crippen molar-refractivity contribution >= 4 is 5.91 Å². The Bertz CT molecular complexity index is 161. The first-order chi connectivity index (χ1) is 5.05. The maximum atomic E-state index is 11.2. The zero-order valence-electron chi connectivity index (χ0n) is 7.05. The number of aliphatic hydroxyl groups is 1. The van der Waals surface area contributed by atoms with Crippen molar-refractivity contribution in [2.75, 3.05) is 6.61 Å². The van der Waals surface area contributed by atoms with Crippen molar-refractivity contribution in [1.82, 2.24) is 5.32 Å². The van der Waals surface area contributed by atoms with E-state index in [9.17, 15) is 4.79 Å². The predicted molar refractivity (Wildman–Crippen MR) is 42.0 cm³/mol. The lowest BCUT2D eigenvalue weighted by Crippen LogP contribution is -2.46. The van der Waals surface area contributed by atoms with Crippen LogP contribution in [0.4, 0.5) is 0 Å². The smallest absolute Gasteiger partial charge is 0.223 e. The number of carbonyl (C=O) groups is 1. The van der Waals surface area contributed by atoms with Crippen molar-refractivity contribution in [2.24, 2.45) is 5.92 Å². The van der Waals surface area contributed by atoms with Gasteiger partial charge in [-0.05, 0) is 26.7 Å². The average Bonchev–Trinajstić information content (AvgIpc) is 2.67. The van der Waals surface area contributed by atoms with Gasteiger partial charge in [0.25, 0.3) is 0 Å². The highest BCUT2D eigenvalue weighted by molar-refractivity contribution is 5.81. The Labute approximate surface area is 66.8 Å². The molecule has 1 aliphatic carbocycles. The predicted octanol–water partition coefficient (Wildman–Crippen LogP) is 0.283. The fraction of sp³-hybridized carbons (Fsp3) is 0.875. The van der Waals surface area contributed by atoms with E-state index in [1.807, 2.05) is 13.8 Å². The van der Waals surface area contributed by atoms with Crippen LogP contribution in [-0.4, -0.2) is 23.2 Å². The molecule has 1 aliphatic rings. The fourth-order valence-corrected chi connectivity index (χ4v) is 0.821. The highest BCUT2D eigenvalue weighted by Gasteiger charge is 2.32. The van der Waals surface area contributed by atoms with Gasteiger partial charge in [-0.3, -0.25) is 4.79 Å². The summed E-state index contributed by atoms with van der Waals surface area (Å²) in [6.07, 6.45) is 2.01. The van der Waals surface area contributed by atoms with E-state index in [-0.39, 0.29) is 18.4 Å². The van der Waals surface area contributed by atoms with E-state index in [0.717, 1.165) is 12.8 Å². The van der Waals surface area contributed by atoms with Crippen molar-refractivity contribution in [3.05, 3.63) is 0 Å². The SMILES string of the molecule is CC(C)(CO)NC(=O)C1CC1. The van der Waals surface area contributed by atoms with Crippen LogP contribution in [0.3, 0.4) is 0 Å². The number of amides is 1. The van der Waals surface area contributed by atoms with Crippen molar-refractivity contribution in [1.29, 1.82) is 0 Å². The summed E-state index contributed by atoms with van der Waals surface area (Å²) in [6, 6.07) is 0. The Balaban J connectivity index is 2.33. The molecule has 1 saturated carbocycles. The molecule has 11 heavy (non-hydrogen) atoms. The number of carbonyl (C=O) groups excluding carboxylic acids is 1. The Kier molecular flexibility index (Phi) is 2.18. The highest BCUT2D eigenvalue weighted by atomic mass is 16.3. The molecular weight excluding hydrogens is 142 g/mol. The van der Waals surface area contributed by atoms with Gasteiger partial charge in [-0.15, -0.1) is 0 Å². The minimum absolute atomic E-state index is 0.00847. The molecule has 0 heterocycles. The Morgan fingerprint density at radius 3 is 2.55 bits per heavy atom. The van der Waals surface area contributed by atoms with Gasteiger partial charge < -0.3 is 10.4 Å². The molecule has 3 heteroatoms. The quantitative estimate of drug-likeness (QED) is 0.618. The number of aliphatic hydroxyl groups excluding tert-OH is 1. The third-order valence-electron chi connectivity index (χ3n) is 1.81. The lowest BCUT2D eigenvalue weighted by molar-refractivity contribution is -0.124. The van der Waals surface area contributed by atoms with Gasteiger partial charge >= 0.3 is 0 Å². The summed E-state index contributed by atoms with van der Waals surface area (Å²) < 4.78 is 0. The normalized spacial score (nSPS) is 18.1. The molecule has 0 bridgehead atoms. The number of hydrogen-bond acceptors (Lipinski definition) is 2. The highest BCUT2D eigenvalue weighted by Crippen LogP contribution is 2.29. The molecule has 64 valence electrons.